The molecule has 3 atom stereocenters. The lowest BCUT2D eigenvalue weighted by Gasteiger charge is -2.36. The maximum atomic E-state index is 12.6. The summed E-state index contributed by atoms with van der Waals surface area (Å²) in [4.78, 5) is 31.1. The highest BCUT2D eigenvalue weighted by atomic mass is 16.2. The third kappa shape index (κ3) is 2.30. The molecule has 4 rings (SSSR count). The number of fused-ring (bicyclic) bond motifs is 1. The molecule has 0 spiro atoms. The minimum Gasteiger partial charge on any atom is -0.352 e. The van der Waals surface area contributed by atoms with Gasteiger partial charge in [-0.15, -0.1) is 0 Å². The van der Waals surface area contributed by atoms with E-state index in [2.05, 4.69) is 17.2 Å². The van der Waals surface area contributed by atoms with Gasteiger partial charge in [-0.1, -0.05) is 6.92 Å². The number of hydrogen-bond donors (Lipinski definition) is 1. The van der Waals surface area contributed by atoms with E-state index in [1.54, 1.807) is 12.5 Å². The highest BCUT2D eigenvalue weighted by Gasteiger charge is 2.44. The Morgan fingerprint density at radius 2 is 2.14 bits per heavy atom. The van der Waals surface area contributed by atoms with Crippen molar-refractivity contribution in [1.82, 2.24) is 19.8 Å². The van der Waals surface area contributed by atoms with Gasteiger partial charge in [0.25, 0.3) is 0 Å². The number of carbonyl (C=O) groups excluding carboxylic acids is 2. The predicted molar refractivity (Wildman–Crippen MR) is 79.7 cm³/mol. The van der Waals surface area contributed by atoms with Crippen molar-refractivity contribution >= 4 is 11.8 Å². The first kappa shape index (κ1) is 13.8. The van der Waals surface area contributed by atoms with E-state index in [0.29, 0.717) is 25.0 Å². The Balaban J connectivity index is 1.52. The molecule has 22 heavy (non-hydrogen) atoms. The van der Waals surface area contributed by atoms with Crippen LogP contribution in [0.4, 0.5) is 0 Å². The fraction of sp³-hybridized carbons (Fsp3) is 0.688. The number of amides is 2. The second-order valence-electron chi connectivity index (χ2n) is 6.98. The van der Waals surface area contributed by atoms with Crippen LogP contribution in [0, 0.1) is 11.8 Å². The molecule has 6 heteroatoms. The standard InChI is InChI=1S/C16H22N4O2/c1-10-5-13(10)16(22)19-7-12-6-17-9-20(12)14(8-19)15(21)18-11-3-2-4-11/h6,9-11,13-14H,2-5,7-8H2,1H3,(H,18,21)/t10-,13+,14+/m1/s1. The van der Waals surface area contributed by atoms with Crippen LogP contribution in [0.25, 0.3) is 0 Å². The number of nitrogens with one attached hydrogen (secondary N) is 1. The first-order chi connectivity index (χ1) is 10.6. The summed E-state index contributed by atoms with van der Waals surface area (Å²) < 4.78 is 1.92. The lowest BCUT2D eigenvalue weighted by atomic mass is 9.93. The Morgan fingerprint density at radius 1 is 1.36 bits per heavy atom. The number of carbonyl (C=O) groups is 2. The summed E-state index contributed by atoms with van der Waals surface area (Å²) >= 11 is 0. The summed E-state index contributed by atoms with van der Waals surface area (Å²) in [6, 6.07) is -0.0288. The molecule has 6 nitrogen and oxygen atoms in total. The summed E-state index contributed by atoms with van der Waals surface area (Å²) in [5.74, 6) is 0.859. The Morgan fingerprint density at radius 3 is 2.77 bits per heavy atom. The summed E-state index contributed by atoms with van der Waals surface area (Å²) in [7, 11) is 0. The average Bonchev–Trinajstić information content (AvgIpc) is 3.00. The quantitative estimate of drug-likeness (QED) is 0.909. The molecule has 0 unspecified atom stereocenters. The monoisotopic (exact) mass is 302 g/mol. The Labute approximate surface area is 129 Å². The van der Waals surface area contributed by atoms with Crippen molar-refractivity contribution in [2.45, 2.75) is 51.2 Å². The highest BCUT2D eigenvalue weighted by Crippen LogP contribution is 2.40. The molecule has 1 N–H and O–H groups in total. The minimum atomic E-state index is -0.343. The van der Waals surface area contributed by atoms with E-state index in [4.69, 9.17) is 0 Å². The van der Waals surface area contributed by atoms with E-state index < -0.39 is 0 Å². The van der Waals surface area contributed by atoms with Crippen LogP contribution in [-0.4, -0.2) is 38.9 Å². The Hall–Kier alpha value is -1.85. The van der Waals surface area contributed by atoms with Crippen molar-refractivity contribution in [2.75, 3.05) is 6.54 Å². The van der Waals surface area contributed by atoms with Crippen molar-refractivity contribution in [3.05, 3.63) is 18.2 Å². The third-order valence-electron chi connectivity index (χ3n) is 5.32. The molecular weight excluding hydrogens is 280 g/mol. The summed E-state index contributed by atoms with van der Waals surface area (Å²) in [5, 5.41) is 3.10. The molecule has 1 aromatic rings. The molecule has 2 fully saturated rings. The van der Waals surface area contributed by atoms with E-state index in [1.165, 1.54) is 6.42 Å². The molecule has 1 aromatic heterocycles. The molecule has 3 aliphatic rings. The van der Waals surface area contributed by atoms with E-state index in [9.17, 15) is 9.59 Å². The highest BCUT2D eigenvalue weighted by molar-refractivity contribution is 5.85. The summed E-state index contributed by atoms with van der Waals surface area (Å²) in [6.07, 6.45) is 7.78. The molecule has 0 aromatic carbocycles. The average molecular weight is 302 g/mol. The molecule has 2 saturated carbocycles. The number of imidazole rings is 1. The number of hydrogen-bond acceptors (Lipinski definition) is 3. The predicted octanol–water partition coefficient (Wildman–Crippen LogP) is 1.09. The number of nitrogens with zero attached hydrogens (tertiary/aromatic N) is 3. The maximum absolute atomic E-state index is 12.6. The lowest BCUT2D eigenvalue weighted by Crippen LogP contribution is -2.50. The van der Waals surface area contributed by atoms with Crippen molar-refractivity contribution in [3.63, 3.8) is 0 Å². The van der Waals surface area contributed by atoms with Crippen LogP contribution in [0.5, 0.6) is 0 Å². The van der Waals surface area contributed by atoms with Gasteiger partial charge in [0.15, 0.2) is 0 Å². The van der Waals surface area contributed by atoms with Crippen LogP contribution >= 0.6 is 0 Å². The van der Waals surface area contributed by atoms with Gasteiger partial charge >= 0.3 is 0 Å². The van der Waals surface area contributed by atoms with Crippen LogP contribution in [0.3, 0.4) is 0 Å². The van der Waals surface area contributed by atoms with Crippen LogP contribution in [0.15, 0.2) is 12.5 Å². The second-order valence-corrected chi connectivity index (χ2v) is 6.98. The fourth-order valence-electron chi connectivity index (χ4n) is 3.42. The van der Waals surface area contributed by atoms with Gasteiger partial charge in [0, 0.05) is 18.2 Å². The zero-order chi connectivity index (χ0) is 15.3. The van der Waals surface area contributed by atoms with Crippen LogP contribution in [0.1, 0.15) is 44.3 Å². The zero-order valence-corrected chi connectivity index (χ0v) is 12.9. The Bertz CT molecular complexity index is 607. The second kappa shape index (κ2) is 5.11. The van der Waals surface area contributed by atoms with Crippen LogP contribution in [0.2, 0.25) is 0 Å². The van der Waals surface area contributed by atoms with Crippen LogP contribution in [-0.2, 0) is 16.1 Å². The Kier molecular flexibility index (Phi) is 3.20. The molecular formula is C16H22N4O2. The van der Waals surface area contributed by atoms with E-state index in [1.807, 2.05) is 9.47 Å². The van der Waals surface area contributed by atoms with Gasteiger partial charge in [0.1, 0.15) is 6.04 Å². The van der Waals surface area contributed by atoms with E-state index >= 15 is 0 Å². The third-order valence-corrected chi connectivity index (χ3v) is 5.32. The van der Waals surface area contributed by atoms with Crippen molar-refractivity contribution in [2.24, 2.45) is 11.8 Å². The van der Waals surface area contributed by atoms with Crippen molar-refractivity contribution in [1.29, 1.82) is 0 Å². The molecule has 0 saturated heterocycles. The maximum Gasteiger partial charge on any atom is 0.245 e. The largest absolute Gasteiger partial charge is 0.352 e. The van der Waals surface area contributed by atoms with E-state index in [-0.39, 0.29) is 23.8 Å². The SMILES string of the molecule is C[C@@H]1C[C@@H]1C(=O)N1Cc2cncn2[C@H](C(=O)NC2CCC2)C1. The first-order valence-corrected chi connectivity index (χ1v) is 8.23. The molecule has 118 valence electrons. The van der Waals surface area contributed by atoms with Gasteiger partial charge in [-0.05, 0) is 31.6 Å². The topological polar surface area (TPSA) is 67.2 Å². The molecule has 2 aliphatic carbocycles. The molecule has 0 bridgehead atoms. The van der Waals surface area contributed by atoms with Gasteiger partial charge < -0.3 is 14.8 Å². The first-order valence-electron chi connectivity index (χ1n) is 8.23. The number of aromatic nitrogens is 2. The molecule has 0 radical (unpaired) electrons. The molecule has 2 heterocycles. The summed E-state index contributed by atoms with van der Waals surface area (Å²) in [6.45, 7) is 3.14. The van der Waals surface area contributed by atoms with Crippen molar-refractivity contribution < 1.29 is 9.59 Å². The van der Waals surface area contributed by atoms with Crippen molar-refractivity contribution in [3.8, 4) is 0 Å². The van der Waals surface area contributed by atoms with E-state index in [0.717, 1.165) is 25.0 Å². The van der Waals surface area contributed by atoms with Gasteiger partial charge in [-0.3, -0.25) is 9.59 Å². The lowest BCUT2D eigenvalue weighted by molar-refractivity contribution is -0.137. The van der Waals surface area contributed by atoms with Gasteiger partial charge in [-0.2, -0.15) is 0 Å². The van der Waals surface area contributed by atoms with Gasteiger partial charge in [0.2, 0.25) is 11.8 Å². The summed E-state index contributed by atoms with van der Waals surface area (Å²) in [5.41, 5.74) is 0.946. The van der Waals surface area contributed by atoms with Crippen LogP contribution < -0.4 is 5.32 Å². The zero-order valence-electron chi connectivity index (χ0n) is 12.9. The molecule has 1 aliphatic heterocycles. The number of rotatable bonds is 3. The fourth-order valence-corrected chi connectivity index (χ4v) is 3.42. The minimum absolute atomic E-state index is 0.0188. The van der Waals surface area contributed by atoms with Gasteiger partial charge in [0.05, 0.1) is 25.1 Å². The smallest absolute Gasteiger partial charge is 0.245 e. The van der Waals surface area contributed by atoms with Gasteiger partial charge in [-0.25, -0.2) is 4.98 Å². The molecule has 2 amide bonds. The normalized spacial score (nSPS) is 30.4.